The van der Waals surface area contributed by atoms with Crippen LogP contribution in [0.15, 0.2) is 55.4 Å². The smallest absolute Gasteiger partial charge is 0.254 e. The molecule has 0 saturated carbocycles. The second-order valence-corrected chi connectivity index (χ2v) is 5.09. The van der Waals surface area contributed by atoms with Gasteiger partial charge in [0, 0.05) is 25.0 Å². The van der Waals surface area contributed by atoms with Crippen molar-refractivity contribution in [3.63, 3.8) is 0 Å². The summed E-state index contributed by atoms with van der Waals surface area (Å²) in [7, 11) is 1.76. The fourth-order valence-electron chi connectivity index (χ4n) is 2.20. The molecule has 0 aliphatic carbocycles. The van der Waals surface area contributed by atoms with E-state index in [0.717, 1.165) is 5.69 Å². The Balaban J connectivity index is 1.84. The molecule has 0 bridgehead atoms. The van der Waals surface area contributed by atoms with Gasteiger partial charge in [0.05, 0.1) is 11.7 Å². The van der Waals surface area contributed by atoms with Crippen LogP contribution in [0.2, 0.25) is 0 Å². The van der Waals surface area contributed by atoms with Gasteiger partial charge in [-0.3, -0.25) is 9.78 Å². The highest BCUT2D eigenvalue weighted by Crippen LogP contribution is 2.19. The molecule has 1 atom stereocenters. The number of aromatic nitrogens is 5. The Kier molecular flexibility index (Phi) is 4.09. The van der Waals surface area contributed by atoms with Crippen LogP contribution in [0, 0.1) is 0 Å². The molecule has 0 aliphatic rings. The van der Waals surface area contributed by atoms with Crippen molar-refractivity contribution in [2.75, 3.05) is 7.05 Å². The number of amides is 1. The molecule has 116 valence electrons. The standard InChI is InChI=1S/C16H16N6O/c1-12(14-5-3-4-7-18-14)21(2)16(23)13-6-8-19-15(9-13)22-11-17-10-20-22/h3-12H,1-2H3/t12-/m1/s1. The van der Waals surface area contributed by atoms with Crippen LogP contribution in [0.1, 0.15) is 29.0 Å². The Labute approximate surface area is 133 Å². The van der Waals surface area contributed by atoms with E-state index in [1.807, 2.05) is 25.1 Å². The first kappa shape index (κ1) is 14.8. The third-order valence-corrected chi connectivity index (χ3v) is 3.66. The summed E-state index contributed by atoms with van der Waals surface area (Å²) in [6.07, 6.45) is 6.27. The average molecular weight is 308 g/mol. The normalized spacial score (nSPS) is 11.9. The van der Waals surface area contributed by atoms with E-state index in [1.54, 1.807) is 36.5 Å². The van der Waals surface area contributed by atoms with Crippen LogP contribution in [-0.2, 0) is 0 Å². The monoisotopic (exact) mass is 308 g/mol. The largest absolute Gasteiger partial charge is 0.333 e. The zero-order chi connectivity index (χ0) is 16.2. The van der Waals surface area contributed by atoms with Gasteiger partial charge in [-0.15, -0.1) is 0 Å². The van der Waals surface area contributed by atoms with Gasteiger partial charge in [0.25, 0.3) is 5.91 Å². The summed E-state index contributed by atoms with van der Waals surface area (Å²) in [4.78, 5) is 26.8. The van der Waals surface area contributed by atoms with Gasteiger partial charge in [0.2, 0.25) is 0 Å². The average Bonchev–Trinajstić information content (AvgIpc) is 3.15. The maximum absolute atomic E-state index is 12.7. The van der Waals surface area contributed by atoms with E-state index in [1.165, 1.54) is 17.3 Å². The predicted molar refractivity (Wildman–Crippen MR) is 83.9 cm³/mol. The molecule has 7 heteroatoms. The number of hydrogen-bond acceptors (Lipinski definition) is 5. The van der Waals surface area contributed by atoms with Crippen LogP contribution in [-0.4, -0.2) is 42.6 Å². The molecule has 0 aromatic carbocycles. The molecule has 23 heavy (non-hydrogen) atoms. The summed E-state index contributed by atoms with van der Waals surface area (Å²) in [6, 6.07) is 8.91. The number of rotatable bonds is 4. The van der Waals surface area contributed by atoms with Crippen molar-refractivity contribution in [3.8, 4) is 5.82 Å². The van der Waals surface area contributed by atoms with Gasteiger partial charge < -0.3 is 4.90 Å². The maximum atomic E-state index is 12.7. The van der Waals surface area contributed by atoms with Gasteiger partial charge in [0.15, 0.2) is 5.82 Å². The molecule has 0 saturated heterocycles. The SMILES string of the molecule is C[C@H](c1ccccn1)N(C)C(=O)c1ccnc(-n2cncn2)c1. The number of nitrogens with zero attached hydrogens (tertiary/aromatic N) is 6. The zero-order valence-electron chi connectivity index (χ0n) is 12.9. The predicted octanol–water partition coefficient (Wildman–Crippen LogP) is 1.89. The molecule has 0 radical (unpaired) electrons. The zero-order valence-corrected chi connectivity index (χ0v) is 12.9. The first-order chi connectivity index (χ1) is 11.2. The minimum atomic E-state index is -0.133. The van der Waals surface area contributed by atoms with Crippen LogP contribution in [0.25, 0.3) is 5.82 Å². The van der Waals surface area contributed by atoms with Crippen LogP contribution in [0.5, 0.6) is 0 Å². The molecule has 3 rings (SSSR count). The number of carbonyl (C=O) groups excluding carboxylic acids is 1. The lowest BCUT2D eigenvalue weighted by molar-refractivity contribution is 0.0739. The molecule has 0 aliphatic heterocycles. The van der Waals surface area contributed by atoms with Crippen LogP contribution in [0.4, 0.5) is 0 Å². The minimum absolute atomic E-state index is 0.105. The number of pyridine rings is 2. The first-order valence-electron chi connectivity index (χ1n) is 7.16. The van der Waals surface area contributed by atoms with E-state index < -0.39 is 0 Å². The lowest BCUT2D eigenvalue weighted by Gasteiger charge is -2.24. The third-order valence-electron chi connectivity index (χ3n) is 3.66. The van der Waals surface area contributed by atoms with Gasteiger partial charge in [-0.1, -0.05) is 6.07 Å². The van der Waals surface area contributed by atoms with Crippen molar-refractivity contribution in [3.05, 3.63) is 66.6 Å². The van der Waals surface area contributed by atoms with E-state index in [-0.39, 0.29) is 11.9 Å². The molecule has 0 spiro atoms. The molecule has 7 nitrogen and oxygen atoms in total. The highest BCUT2D eigenvalue weighted by molar-refractivity contribution is 5.94. The van der Waals surface area contributed by atoms with Gasteiger partial charge in [-0.05, 0) is 31.2 Å². The number of carbonyl (C=O) groups is 1. The first-order valence-corrected chi connectivity index (χ1v) is 7.16. The number of hydrogen-bond donors (Lipinski definition) is 0. The van der Waals surface area contributed by atoms with Crippen molar-refractivity contribution in [1.82, 2.24) is 29.6 Å². The van der Waals surface area contributed by atoms with Crippen molar-refractivity contribution >= 4 is 5.91 Å². The highest BCUT2D eigenvalue weighted by Gasteiger charge is 2.20. The molecule has 1 amide bonds. The van der Waals surface area contributed by atoms with Crippen molar-refractivity contribution < 1.29 is 4.79 Å². The van der Waals surface area contributed by atoms with E-state index >= 15 is 0 Å². The lowest BCUT2D eigenvalue weighted by atomic mass is 10.1. The van der Waals surface area contributed by atoms with Gasteiger partial charge in [-0.25, -0.2) is 14.6 Å². The second kappa shape index (κ2) is 6.35. The van der Waals surface area contributed by atoms with Crippen LogP contribution in [0.3, 0.4) is 0 Å². The molecule has 3 aromatic heterocycles. The third kappa shape index (κ3) is 3.08. The van der Waals surface area contributed by atoms with Crippen LogP contribution >= 0.6 is 0 Å². The Morgan fingerprint density at radius 2 is 2.09 bits per heavy atom. The summed E-state index contributed by atoms with van der Waals surface area (Å²) in [6.45, 7) is 1.94. The lowest BCUT2D eigenvalue weighted by Crippen LogP contribution is -2.30. The van der Waals surface area contributed by atoms with Crippen molar-refractivity contribution in [2.24, 2.45) is 0 Å². The van der Waals surface area contributed by atoms with Gasteiger partial charge in [-0.2, -0.15) is 5.10 Å². The quantitative estimate of drug-likeness (QED) is 0.735. The highest BCUT2D eigenvalue weighted by atomic mass is 16.2. The molecular formula is C16H16N6O. The van der Waals surface area contributed by atoms with E-state index in [4.69, 9.17) is 0 Å². The summed E-state index contributed by atoms with van der Waals surface area (Å²) < 4.78 is 1.51. The Morgan fingerprint density at radius 3 is 2.78 bits per heavy atom. The molecule has 0 unspecified atom stereocenters. The maximum Gasteiger partial charge on any atom is 0.254 e. The molecule has 0 N–H and O–H groups in total. The summed E-state index contributed by atoms with van der Waals surface area (Å²) in [5.74, 6) is 0.444. The minimum Gasteiger partial charge on any atom is -0.333 e. The van der Waals surface area contributed by atoms with E-state index in [2.05, 4.69) is 20.1 Å². The Bertz CT molecular complexity index is 787. The van der Waals surface area contributed by atoms with E-state index in [0.29, 0.717) is 11.4 Å². The molecular weight excluding hydrogens is 292 g/mol. The fraction of sp³-hybridized carbons (Fsp3) is 0.188. The summed E-state index contributed by atoms with van der Waals surface area (Å²) in [5.41, 5.74) is 1.38. The van der Waals surface area contributed by atoms with Crippen molar-refractivity contribution in [2.45, 2.75) is 13.0 Å². The second-order valence-electron chi connectivity index (χ2n) is 5.09. The van der Waals surface area contributed by atoms with Crippen LogP contribution < -0.4 is 0 Å². The van der Waals surface area contributed by atoms with Crippen molar-refractivity contribution in [1.29, 1.82) is 0 Å². The fourth-order valence-corrected chi connectivity index (χ4v) is 2.20. The summed E-state index contributed by atoms with van der Waals surface area (Å²) >= 11 is 0. The molecule has 3 heterocycles. The van der Waals surface area contributed by atoms with Gasteiger partial charge >= 0.3 is 0 Å². The Morgan fingerprint density at radius 1 is 1.22 bits per heavy atom. The Hall–Kier alpha value is -3.09. The van der Waals surface area contributed by atoms with Gasteiger partial charge in [0.1, 0.15) is 12.7 Å². The molecule has 3 aromatic rings. The molecule has 0 fully saturated rings. The summed E-state index contributed by atoms with van der Waals surface area (Å²) in [5, 5.41) is 4.02. The topological polar surface area (TPSA) is 76.8 Å². The van der Waals surface area contributed by atoms with E-state index in [9.17, 15) is 4.79 Å².